The smallest absolute Gasteiger partial charge is 0.315 e. The van der Waals surface area contributed by atoms with Gasteiger partial charge in [0, 0.05) is 15.5 Å². The fourth-order valence-electron chi connectivity index (χ4n) is 1.47. The Hall–Kier alpha value is -1.88. The van der Waals surface area contributed by atoms with Crippen LogP contribution in [0.1, 0.15) is 6.42 Å². The van der Waals surface area contributed by atoms with Gasteiger partial charge in [0.1, 0.15) is 6.42 Å². The number of amides is 1. The summed E-state index contributed by atoms with van der Waals surface area (Å²) >= 11 is 1.55. The molecule has 2 rings (SSSR count). The predicted molar refractivity (Wildman–Crippen MR) is 67.1 cm³/mol. The molecule has 0 saturated heterocycles. The van der Waals surface area contributed by atoms with E-state index < -0.39 is 5.97 Å². The quantitative estimate of drug-likeness (QED) is 0.671. The Morgan fingerprint density at radius 3 is 2.88 bits per heavy atom. The van der Waals surface area contributed by atoms with Gasteiger partial charge >= 0.3 is 5.97 Å². The lowest BCUT2D eigenvalue weighted by molar-refractivity contribution is -0.142. The van der Waals surface area contributed by atoms with Gasteiger partial charge in [0.15, 0.2) is 0 Å². The highest BCUT2D eigenvalue weighted by Gasteiger charge is 2.11. The van der Waals surface area contributed by atoms with Gasteiger partial charge in [-0.3, -0.25) is 9.59 Å². The van der Waals surface area contributed by atoms with Crippen molar-refractivity contribution in [1.82, 2.24) is 0 Å². The monoisotopic (exact) mass is 249 g/mol. The van der Waals surface area contributed by atoms with Crippen LogP contribution in [0.5, 0.6) is 0 Å². The molecule has 0 radical (unpaired) electrons. The van der Waals surface area contributed by atoms with Crippen LogP contribution in [0, 0.1) is 0 Å². The molecule has 0 unspecified atom stereocenters. The van der Waals surface area contributed by atoms with Crippen molar-refractivity contribution < 1.29 is 14.3 Å². The Kier molecular flexibility index (Phi) is 3.39. The molecule has 1 amide bonds. The van der Waals surface area contributed by atoms with Gasteiger partial charge < -0.3 is 10.1 Å². The van der Waals surface area contributed by atoms with Crippen LogP contribution in [0.3, 0.4) is 0 Å². The summed E-state index contributed by atoms with van der Waals surface area (Å²) in [6.45, 7) is 0. The average molecular weight is 249 g/mol. The predicted octanol–water partition coefficient (Wildman–Crippen LogP) is 2.40. The first-order chi connectivity index (χ1) is 8.20. The molecule has 0 aliphatic carbocycles. The van der Waals surface area contributed by atoms with Crippen LogP contribution >= 0.6 is 11.3 Å². The molecule has 1 heterocycles. The van der Waals surface area contributed by atoms with E-state index in [0.29, 0.717) is 0 Å². The first kappa shape index (κ1) is 11.6. The zero-order chi connectivity index (χ0) is 12.3. The fraction of sp³-hybridized carbons (Fsp3) is 0.167. The van der Waals surface area contributed by atoms with E-state index in [1.807, 2.05) is 29.6 Å². The summed E-state index contributed by atoms with van der Waals surface area (Å²) in [4.78, 5) is 22.4. The number of hydrogen-bond acceptors (Lipinski definition) is 4. The second kappa shape index (κ2) is 4.97. The zero-order valence-corrected chi connectivity index (χ0v) is 10.0. The van der Waals surface area contributed by atoms with Gasteiger partial charge in [-0.15, -0.1) is 11.3 Å². The lowest BCUT2D eigenvalue weighted by Gasteiger charge is -2.02. The van der Waals surface area contributed by atoms with Crippen LogP contribution in [0.25, 0.3) is 10.1 Å². The SMILES string of the molecule is COC(=O)CC(=O)Nc1csc2ccccc12. The number of nitrogens with one attached hydrogen (secondary N) is 1. The van der Waals surface area contributed by atoms with Gasteiger partial charge in [0.2, 0.25) is 5.91 Å². The normalized spacial score (nSPS) is 10.2. The van der Waals surface area contributed by atoms with Crippen molar-refractivity contribution in [3.8, 4) is 0 Å². The maximum absolute atomic E-state index is 11.5. The lowest BCUT2D eigenvalue weighted by Crippen LogP contribution is -2.16. The fourth-order valence-corrected chi connectivity index (χ4v) is 2.37. The molecule has 0 fully saturated rings. The third-order valence-corrected chi connectivity index (χ3v) is 3.25. The Morgan fingerprint density at radius 2 is 2.12 bits per heavy atom. The minimum atomic E-state index is -0.540. The van der Waals surface area contributed by atoms with E-state index in [-0.39, 0.29) is 12.3 Å². The van der Waals surface area contributed by atoms with E-state index in [0.717, 1.165) is 15.8 Å². The van der Waals surface area contributed by atoms with Crippen LogP contribution in [-0.2, 0) is 14.3 Å². The van der Waals surface area contributed by atoms with Crippen LogP contribution in [-0.4, -0.2) is 19.0 Å². The molecule has 17 heavy (non-hydrogen) atoms. The first-order valence-corrected chi connectivity index (χ1v) is 5.91. The zero-order valence-electron chi connectivity index (χ0n) is 9.23. The summed E-state index contributed by atoms with van der Waals surface area (Å²) in [5.41, 5.74) is 0.736. The van der Waals surface area contributed by atoms with Crippen molar-refractivity contribution in [2.45, 2.75) is 6.42 Å². The van der Waals surface area contributed by atoms with Crippen molar-refractivity contribution in [1.29, 1.82) is 0 Å². The summed E-state index contributed by atoms with van der Waals surface area (Å²) < 4.78 is 5.53. The second-order valence-corrected chi connectivity index (χ2v) is 4.36. The van der Waals surface area contributed by atoms with Gasteiger partial charge in [0.25, 0.3) is 0 Å². The maximum atomic E-state index is 11.5. The van der Waals surface area contributed by atoms with Gasteiger partial charge in [0.05, 0.1) is 12.8 Å². The Morgan fingerprint density at radius 1 is 1.35 bits per heavy atom. The molecule has 1 aromatic heterocycles. The van der Waals surface area contributed by atoms with Crippen molar-refractivity contribution in [2.24, 2.45) is 0 Å². The van der Waals surface area contributed by atoms with Crippen molar-refractivity contribution in [2.75, 3.05) is 12.4 Å². The van der Waals surface area contributed by atoms with Crippen LogP contribution in [0.15, 0.2) is 29.6 Å². The number of benzene rings is 1. The number of rotatable bonds is 3. The molecule has 1 N–H and O–H groups in total. The molecule has 0 aliphatic heterocycles. The molecular weight excluding hydrogens is 238 g/mol. The number of fused-ring (bicyclic) bond motifs is 1. The summed E-state index contributed by atoms with van der Waals surface area (Å²) in [7, 11) is 1.26. The van der Waals surface area contributed by atoms with Crippen molar-refractivity contribution in [3.63, 3.8) is 0 Å². The number of thiophene rings is 1. The van der Waals surface area contributed by atoms with E-state index in [4.69, 9.17) is 0 Å². The van der Waals surface area contributed by atoms with Gasteiger partial charge in [-0.25, -0.2) is 0 Å². The minimum Gasteiger partial charge on any atom is -0.469 e. The number of carbonyl (C=O) groups excluding carboxylic acids is 2. The van der Waals surface area contributed by atoms with Crippen molar-refractivity contribution in [3.05, 3.63) is 29.6 Å². The maximum Gasteiger partial charge on any atom is 0.315 e. The number of ether oxygens (including phenoxy) is 1. The Balaban J connectivity index is 2.13. The topological polar surface area (TPSA) is 55.4 Å². The van der Waals surface area contributed by atoms with Gasteiger partial charge in [-0.05, 0) is 6.07 Å². The van der Waals surface area contributed by atoms with Gasteiger partial charge in [-0.1, -0.05) is 18.2 Å². The molecule has 0 bridgehead atoms. The van der Waals surface area contributed by atoms with Crippen molar-refractivity contribution >= 4 is 39.0 Å². The number of anilines is 1. The lowest BCUT2D eigenvalue weighted by atomic mass is 10.2. The van der Waals surface area contributed by atoms with E-state index >= 15 is 0 Å². The van der Waals surface area contributed by atoms with Gasteiger partial charge in [-0.2, -0.15) is 0 Å². The Labute approximate surface area is 102 Å². The number of carbonyl (C=O) groups is 2. The molecule has 0 aliphatic rings. The molecule has 5 heteroatoms. The molecule has 88 valence electrons. The molecule has 1 aromatic carbocycles. The molecule has 0 atom stereocenters. The van der Waals surface area contributed by atoms with Crippen LogP contribution in [0.2, 0.25) is 0 Å². The summed E-state index contributed by atoms with van der Waals surface area (Å²) in [6.07, 6.45) is -0.263. The molecule has 4 nitrogen and oxygen atoms in total. The van der Waals surface area contributed by atoms with Crippen LogP contribution < -0.4 is 5.32 Å². The van der Waals surface area contributed by atoms with E-state index in [1.165, 1.54) is 7.11 Å². The third-order valence-electron chi connectivity index (χ3n) is 2.29. The third kappa shape index (κ3) is 2.62. The second-order valence-electron chi connectivity index (χ2n) is 3.45. The number of hydrogen-bond donors (Lipinski definition) is 1. The minimum absolute atomic E-state index is 0.263. The summed E-state index contributed by atoms with van der Waals surface area (Å²) in [6, 6.07) is 7.76. The molecule has 2 aromatic rings. The highest BCUT2D eigenvalue weighted by molar-refractivity contribution is 7.17. The molecule has 0 saturated carbocycles. The van der Waals surface area contributed by atoms with E-state index in [2.05, 4.69) is 10.1 Å². The summed E-state index contributed by atoms with van der Waals surface area (Å²) in [5.74, 6) is -0.901. The highest BCUT2D eigenvalue weighted by atomic mass is 32.1. The standard InChI is InChI=1S/C12H11NO3S/c1-16-12(15)6-11(14)13-9-7-17-10-5-3-2-4-8(9)10/h2-5,7H,6H2,1H3,(H,13,14). The van der Waals surface area contributed by atoms with E-state index in [9.17, 15) is 9.59 Å². The average Bonchev–Trinajstić information content (AvgIpc) is 2.72. The highest BCUT2D eigenvalue weighted by Crippen LogP contribution is 2.29. The first-order valence-electron chi connectivity index (χ1n) is 5.03. The Bertz CT molecular complexity index is 562. The van der Waals surface area contributed by atoms with E-state index in [1.54, 1.807) is 11.3 Å². The van der Waals surface area contributed by atoms with Crippen LogP contribution in [0.4, 0.5) is 5.69 Å². The summed E-state index contributed by atoms with van der Waals surface area (Å²) in [5, 5.41) is 5.54. The molecule has 0 spiro atoms. The largest absolute Gasteiger partial charge is 0.469 e. The number of esters is 1. The molecular formula is C12H11NO3S. The number of methoxy groups -OCH3 is 1.